The SMILES string of the molecule is NS(=O)(=O)c1ccc(CNC2CCN(C3CC3)C2)o1. The van der Waals surface area contributed by atoms with E-state index in [1.807, 2.05) is 0 Å². The quantitative estimate of drug-likeness (QED) is 0.810. The van der Waals surface area contributed by atoms with Crippen molar-refractivity contribution in [2.24, 2.45) is 5.14 Å². The van der Waals surface area contributed by atoms with Gasteiger partial charge in [0, 0.05) is 25.2 Å². The number of hydrogen-bond donors (Lipinski definition) is 2. The third-order valence-electron chi connectivity index (χ3n) is 3.77. The zero-order valence-corrected chi connectivity index (χ0v) is 11.5. The second kappa shape index (κ2) is 4.90. The van der Waals surface area contributed by atoms with E-state index in [9.17, 15) is 8.42 Å². The van der Waals surface area contributed by atoms with Gasteiger partial charge in [0.2, 0.25) is 5.09 Å². The molecule has 1 unspecified atom stereocenters. The van der Waals surface area contributed by atoms with Crippen LogP contribution in [0.25, 0.3) is 0 Å². The van der Waals surface area contributed by atoms with E-state index < -0.39 is 10.0 Å². The number of sulfonamides is 1. The van der Waals surface area contributed by atoms with Crippen LogP contribution >= 0.6 is 0 Å². The molecule has 1 aromatic rings. The van der Waals surface area contributed by atoms with Crippen molar-refractivity contribution < 1.29 is 12.8 Å². The van der Waals surface area contributed by atoms with Crippen LogP contribution in [-0.4, -0.2) is 38.5 Å². The number of primary sulfonamides is 1. The van der Waals surface area contributed by atoms with Gasteiger partial charge in [-0.15, -0.1) is 0 Å². The number of nitrogens with two attached hydrogens (primary N) is 1. The number of hydrogen-bond acceptors (Lipinski definition) is 5. The summed E-state index contributed by atoms with van der Waals surface area (Å²) in [5.41, 5.74) is 0. The third-order valence-corrected chi connectivity index (χ3v) is 4.55. The van der Waals surface area contributed by atoms with Crippen LogP contribution in [0.15, 0.2) is 21.6 Å². The molecule has 19 heavy (non-hydrogen) atoms. The number of nitrogens with zero attached hydrogens (tertiary/aromatic N) is 1. The molecule has 1 aromatic heterocycles. The van der Waals surface area contributed by atoms with E-state index in [0.29, 0.717) is 18.3 Å². The molecular weight excluding hydrogens is 266 g/mol. The lowest BCUT2D eigenvalue weighted by Gasteiger charge is -2.15. The lowest BCUT2D eigenvalue weighted by atomic mass is 10.2. The molecule has 106 valence electrons. The fourth-order valence-electron chi connectivity index (χ4n) is 2.58. The van der Waals surface area contributed by atoms with Gasteiger partial charge in [0.1, 0.15) is 5.76 Å². The second-order valence-corrected chi connectivity index (χ2v) is 6.85. The van der Waals surface area contributed by atoms with Crippen molar-refractivity contribution in [3.05, 3.63) is 17.9 Å². The minimum Gasteiger partial charge on any atom is -0.447 e. The van der Waals surface area contributed by atoms with Gasteiger partial charge in [0.15, 0.2) is 0 Å². The van der Waals surface area contributed by atoms with Crippen molar-refractivity contribution >= 4 is 10.0 Å². The summed E-state index contributed by atoms with van der Waals surface area (Å²) in [6.07, 6.45) is 3.81. The molecule has 2 fully saturated rings. The van der Waals surface area contributed by atoms with E-state index in [1.54, 1.807) is 6.07 Å². The molecule has 6 nitrogen and oxygen atoms in total. The minimum absolute atomic E-state index is 0.171. The Hall–Kier alpha value is -0.890. The van der Waals surface area contributed by atoms with Gasteiger partial charge in [-0.25, -0.2) is 13.6 Å². The van der Waals surface area contributed by atoms with E-state index in [4.69, 9.17) is 9.56 Å². The molecule has 3 rings (SSSR count). The van der Waals surface area contributed by atoms with Gasteiger partial charge >= 0.3 is 0 Å². The summed E-state index contributed by atoms with van der Waals surface area (Å²) >= 11 is 0. The Balaban J connectivity index is 1.51. The highest BCUT2D eigenvalue weighted by Crippen LogP contribution is 2.29. The van der Waals surface area contributed by atoms with Gasteiger partial charge in [0.25, 0.3) is 10.0 Å². The van der Waals surface area contributed by atoms with E-state index in [-0.39, 0.29) is 5.09 Å². The molecule has 3 N–H and O–H groups in total. The first-order chi connectivity index (χ1) is 9.02. The lowest BCUT2D eigenvalue weighted by molar-refractivity contribution is 0.314. The summed E-state index contributed by atoms with van der Waals surface area (Å²) < 4.78 is 27.4. The van der Waals surface area contributed by atoms with Gasteiger partial charge in [-0.3, -0.25) is 4.90 Å². The topological polar surface area (TPSA) is 88.6 Å². The van der Waals surface area contributed by atoms with E-state index in [1.165, 1.54) is 18.9 Å². The van der Waals surface area contributed by atoms with Gasteiger partial charge in [0.05, 0.1) is 6.54 Å². The van der Waals surface area contributed by atoms with Crippen molar-refractivity contribution in [1.29, 1.82) is 0 Å². The minimum atomic E-state index is -3.73. The first kappa shape index (κ1) is 13.1. The average molecular weight is 285 g/mol. The Morgan fingerprint density at radius 1 is 1.37 bits per heavy atom. The molecule has 0 aromatic carbocycles. The van der Waals surface area contributed by atoms with Crippen LogP contribution in [0.3, 0.4) is 0 Å². The molecule has 1 saturated heterocycles. The van der Waals surface area contributed by atoms with Crippen LogP contribution < -0.4 is 10.5 Å². The molecule has 1 aliphatic heterocycles. The molecule has 0 radical (unpaired) electrons. The number of likely N-dealkylation sites (tertiary alicyclic amines) is 1. The van der Waals surface area contributed by atoms with E-state index in [2.05, 4.69) is 10.2 Å². The van der Waals surface area contributed by atoms with Crippen LogP contribution in [0.5, 0.6) is 0 Å². The average Bonchev–Trinajstić information content (AvgIpc) is 2.91. The molecular formula is C12H19N3O3S. The maximum Gasteiger partial charge on any atom is 0.271 e. The van der Waals surface area contributed by atoms with Crippen LogP contribution in [-0.2, 0) is 16.6 Å². The molecule has 2 heterocycles. The molecule has 0 bridgehead atoms. The summed E-state index contributed by atoms with van der Waals surface area (Å²) in [7, 11) is -3.73. The first-order valence-corrected chi connectivity index (χ1v) is 8.16. The molecule has 1 saturated carbocycles. The maximum atomic E-state index is 11.1. The van der Waals surface area contributed by atoms with Crippen LogP contribution in [0.4, 0.5) is 0 Å². The van der Waals surface area contributed by atoms with Crippen LogP contribution in [0.2, 0.25) is 0 Å². The lowest BCUT2D eigenvalue weighted by Crippen LogP contribution is -2.32. The summed E-state index contributed by atoms with van der Waals surface area (Å²) in [5, 5.41) is 8.23. The molecule has 7 heteroatoms. The first-order valence-electron chi connectivity index (χ1n) is 6.61. The summed E-state index contributed by atoms with van der Waals surface area (Å²) in [5.74, 6) is 0.605. The third kappa shape index (κ3) is 3.17. The molecule has 1 aliphatic carbocycles. The highest BCUT2D eigenvalue weighted by molar-refractivity contribution is 7.89. The molecule has 0 spiro atoms. The van der Waals surface area contributed by atoms with Gasteiger partial charge in [-0.1, -0.05) is 0 Å². The zero-order chi connectivity index (χ0) is 13.5. The fraction of sp³-hybridized carbons (Fsp3) is 0.667. The smallest absolute Gasteiger partial charge is 0.271 e. The number of nitrogens with one attached hydrogen (secondary N) is 1. The summed E-state index contributed by atoms with van der Waals surface area (Å²) in [4.78, 5) is 2.52. The monoisotopic (exact) mass is 285 g/mol. The standard InChI is InChI=1S/C12H19N3O3S/c13-19(16,17)12-4-3-11(18-12)7-14-9-5-6-15(8-9)10-1-2-10/h3-4,9-10,14H,1-2,5-8H2,(H2,13,16,17). The molecule has 2 aliphatic rings. The number of furan rings is 1. The van der Waals surface area contributed by atoms with E-state index >= 15 is 0 Å². The summed E-state index contributed by atoms with van der Waals surface area (Å²) in [6.45, 7) is 2.77. The van der Waals surface area contributed by atoms with Crippen LogP contribution in [0, 0.1) is 0 Å². The Morgan fingerprint density at radius 2 is 2.16 bits per heavy atom. The van der Waals surface area contributed by atoms with Crippen molar-refractivity contribution in [2.45, 2.75) is 43.0 Å². The van der Waals surface area contributed by atoms with Crippen molar-refractivity contribution in [1.82, 2.24) is 10.2 Å². The second-order valence-electron chi connectivity index (χ2n) is 5.36. The Labute approximate surface area is 113 Å². The Morgan fingerprint density at radius 3 is 2.79 bits per heavy atom. The predicted molar refractivity (Wildman–Crippen MR) is 69.9 cm³/mol. The summed E-state index contributed by atoms with van der Waals surface area (Å²) in [6, 6.07) is 4.32. The fourth-order valence-corrected chi connectivity index (χ4v) is 3.06. The predicted octanol–water partition coefficient (Wildman–Crippen LogP) is 0.253. The highest BCUT2D eigenvalue weighted by atomic mass is 32.2. The zero-order valence-electron chi connectivity index (χ0n) is 10.7. The Kier molecular flexibility index (Phi) is 3.38. The molecule has 1 atom stereocenters. The number of rotatable bonds is 5. The maximum absolute atomic E-state index is 11.1. The van der Waals surface area contributed by atoms with Gasteiger partial charge < -0.3 is 9.73 Å². The van der Waals surface area contributed by atoms with Gasteiger partial charge in [-0.2, -0.15) is 0 Å². The molecule has 0 amide bonds. The normalized spacial score (nSPS) is 25.0. The van der Waals surface area contributed by atoms with Crippen molar-refractivity contribution in [3.8, 4) is 0 Å². The highest BCUT2D eigenvalue weighted by Gasteiger charge is 2.34. The van der Waals surface area contributed by atoms with Crippen molar-refractivity contribution in [2.75, 3.05) is 13.1 Å². The Bertz CT molecular complexity index is 550. The van der Waals surface area contributed by atoms with E-state index in [0.717, 1.165) is 25.6 Å². The van der Waals surface area contributed by atoms with Crippen molar-refractivity contribution in [3.63, 3.8) is 0 Å². The largest absolute Gasteiger partial charge is 0.447 e. The van der Waals surface area contributed by atoms with Crippen LogP contribution in [0.1, 0.15) is 25.0 Å². The van der Waals surface area contributed by atoms with Gasteiger partial charge in [-0.05, 0) is 31.4 Å².